The van der Waals surface area contributed by atoms with Gasteiger partial charge < -0.3 is 16.2 Å². The van der Waals surface area contributed by atoms with Gasteiger partial charge in [0.1, 0.15) is 11.4 Å². The summed E-state index contributed by atoms with van der Waals surface area (Å²) in [6, 6.07) is 5.09. The zero-order valence-electron chi connectivity index (χ0n) is 9.84. The van der Waals surface area contributed by atoms with E-state index < -0.39 is 0 Å². The quantitative estimate of drug-likeness (QED) is 0.165. The van der Waals surface area contributed by atoms with Crippen LogP contribution in [0.3, 0.4) is 0 Å². The molecule has 0 unspecified atom stereocenters. The second-order valence-corrected chi connectivity index (χ2v) is 3.11. The number of aliphatic imine (C=N–C) groups is 2. The molecule has 0 radical (unpaired) electrons. The van der Waals surface area contributed by atoms with E-state index in [-0.39, 0.29) is 11.9 Å². The average Bonchev–Trinajstić information content (AvgIpc) is 2.38. The van der Waals surface area contributed by atoms with Gasteiger partial charge in [0.25, 0.3) is 0 Å². The first kappa shape index (κ1) is 13.5. The molecule has 98 valence electrons. The topological polar surface area (TPSA) is 162 Å². The molecule has 1 aromatic carbocycles. The minimum atomic E-state index is 0.0411. The highest BCUT2D eigenvalue weighted by Gasteiger charge is 2.08. The summed E-state index contributed by atoms with van der Waals surface area (Å²) in [5, 5.41) is 0. The lowest BCUT2D eigenvalue weighted by Gasteiger charge is -2.09. The lowest BCUT2D eigenvalue weighted by atomic mass is 10.2. The van der Waals surface area contributed by atoms with Crippen LogP contribution in [0, 0.1) is 0 Å². The van der Waals surface area contributed by atoms with Gasteiger partial charge >= 0.3 is 0 Å². The summed E-state index contributed by atoms with van der Waals surface area (Å²) < 4.78 is 5.20. The molecule has 0 aliphatic heterocycles. The number of hydrazine groups is 2. The second-order valence-electron chi connectivity index (χ2n) is 3.11. The van der Waals surface area contributed by atoms with Crippen LogP contribution in [0.4, 0.5) is 11.4 Å². The molecule has 0 aliphatic rings. The number of ether oxygens (including phenoxy) is 1. The van der Waals surface area contributed by atoms with Gasteiger partial charge in [-0.25, -0.2) is 21.7 Å². The Balaban J connectivity index is 3.26. The summed E-state index contributed by atoms with van der Waals surface area (Å²) in [5.74, 6) is 10.7. The van der Waals surface area contributed by atoms with Crippen molar-refractivity contribution in [3.8, 4) is 5.75 Å². The largest absolute Gasteiger partial charge is 0.492 e. The van der Waals surface area contributed by atoms with E-state index in [0.717, 1.165) is 0 Å². The molecule has 0 aromatic heterocycles. The van der Waals surface area contributed by atoms with Crippen molar-refractivity contribution in [3.63, 3.8) is 0 Å². The third-order valence-electron chi connectivity index (χ3n) is 1.96. The SMILES string of the molecule is COc1c(N=C(N)NN)cccc1N=C(N)NN. The Morgan fingerprint density at radius 2 is 1.50 bits per heavy atom. The molecule has 0 aliphatic carbocycles. The number of benzene rings is 1. The fourth-order valence-electron chi connectivity index (χ4n) is 1.22. The van der Waals surface area contributed by atoms with E-state index in [2.05, 4.69) is 20.8 Å². The van der Waals surface area contributed by atoms with Gasteiger partial charge in [-0.1, -0.05) is 6.07 Å². The molecule has 9 heteroatoms. The lowest BCUT2D eigenvalue weighted by Crippen LogP contribution is -2.36. The number of guanidine groups is 2. The van der Waals surface area contributed by atoms with E-state index in [1.54, 1.807) is 18.2 Å². The second kappa shape index (κ2) is 6.27. The van der Waals surface area contributed by atoms with Crippen molar-refractivity contribution < 1.29 is 4.74 Å². The van der Waals surface area contributed by atoms with Crippen molar-refractivity contribution in [1.29, 1.82) is 0 Å². The minimum Gasteiger partial charge on any atom is -0.492 e. The molecule has 0 bridgehead atoms. The molecule has 0 saturated carbocycles. The first-order valence-electron chi connectivity index (χ1n) is 4.91. The van der Waals surface area contributed by atoms with E-state index in [1.165, 1.54) is 7.11 Å². The van der Waals surface area contributed by atoms with Gasteiger partial charge in [0.05, 0.1) is 7.11 Å². The van der Waals surface area contributed by atoms with Crippen molar-refractivity contribution in [1.82, 2.24) is 10.9 Å². The van der Waals surface area contributed by atoms with Gasteiger partial charge in [-0.2, -0.15) is 0 Å². The van der Waals surface area contributed by atoms with E-state index in [9.17, 15) is 0 Å². The molecule has 0 spiro atoms. The molecule has 0 fully saturated rings. The van der Waals surface area contributed by atoms with Gasteiger partial charge in [-0.3, -0.25) is 10.9 Å². The summed E-state index contributed by atoms with van der Waals surface area (Å²) in [7, 11) is 1.48. The number of rotatable bonds is 3. The molecular formula is C9H16N8O. The Morgan fingerprint density at radius 1 is 1.06 bits per heavy atom. The van der Waals surface area contributed by atoms with Crippen LogP contribution in [0.1, 0.15) is 0 Å². The van der Waals surface area contributed by atoms with E-state index in [4.69, 9.17) is 27.9 Å². The zero-order valence-corrected chi connectivity index (χ0v) is 9.84. The summed E-state index contributed by atoms with van der Waals surface area (Å²) in [5.41, 5.74) is 16.3. The smallest absolute Gasteiger partial charge is 0.208 e. The molecule has 9 nitrogen and oxygen atoms in total. The summed E-state index contributed by atoms with van der Waals surface area (Å²) in [6.07, 6.45) is 0. The fourth-order valence-corrected chi connectivity index (χ4v) is 1.22. The molecular weight excluding hydrogens is 236 g/mol. The zero-order chi connectivity index (χ0) is 13.5. The van der Waals surface area contributed by atoms with Crippen LogP contribution >= 0.6 is 0 Å². The predicted molar refractivity (Wildman–Crippen MR) is 70.2 cm³/mol. The van der Waals surface area contributed by atoms with Crippen molar-refractivity contribution in [2.24, 2.45) is 33.1 Å². The van der Waals surface area contributed by atoms with E-state index in [1.807, 2.05) is 0 Å². The standard InChI is InChI=1S/C9H16N8O/c1-18-7-5(14-8(10)16-12)3-2-4-6(7)15-9(11)17-13/h2-4H,12-13H2,1H3,(H3,10,14,16)(H3,11,15,17). The monoisotopic (exact) mass is 252 g/mol. The Morgan fingerprint density at radius 3 is 1.83 bits per heavy atom. The van der Waals surface area contributed by atoms with Gasteiger partial charge in [-0.15, -0.1) is 0 Å². The number of hydrogen-bond acceptors (Lipinski definition) is 5. The van der Waals surface area contributed by atoms with Crippen LogP contribution in [0.5, 0.6) is 5.75 Å². The van der Waals surface area contributed by atoms with Crippen LogP contribution in [-0.2, 0) is 0 Å². The number of para-hydroxylation sites is 1. The number of hydrogen-bond donors (Lipinski definition) is 6. The molecule has 0 heterocycles. The van der Waals surface area contributed by atoms with Crippen LogP contribution in [0.25, 0.3) is 0 Å². The molecule has 0 atom stereocenters. The average molecular weight is 252 g/mol. The third-order valence-corrected chi connectivity index (χ3v) is 1.96. The maximum atomic E-state index is 5.47. The Hall–Kier alpha value is -2.52. The van der Waals surface area contributed by atoms with Gasteiger partial charge in [0.15, 0.2) is 5.75 Å². The van der Waals surface area contributed by atoms with Crippen molar-refractivity contribution in [2.75, 3.05) is 7.11 Å². The molecule has 1 aromatic rings. The van der Waals surface area contributed by atoms with Crippen molar-refractivity contribution in [3.05, 3.63) is 18.2 Å². The number of methoxy groups -OCH3 is 1. The number of nitrogens with zero attached hydrogens (tertiary/aromatic N) is 2. The van der Waals surface area contributed by atoms with Gasteiger partial charge in [0.2, 0.25) is 11.9 Å². The molecule has 10 N–H and O–H groups in total. The molecule has 0 amide bonds. The van der Waals surface area contributed by atoms with E-state index in [0.29, 0.717) is 17.1 Å². The van der Waals surface area contributed by atoms with Crippen LogP contribution < -0.4 is 38.7 Å². The van der Waals surface area contributed by atoms with Crippen molar-refractivity contribution >= 4 is 23.3 Å². The molecule has 0 saturated heterocycles. The summed E-state index contributed by atoms with van der Waals surface area (Å²) >= 11 is 0. The predicted octanol–water partition coefficient (Wildman–Crippen LogP) is -1.49. The maximum absolute atomic E-state index is 5.47. The highest BCUT2D eigenvalue weighted by molar-refractivity contribution is 5.85. The van der Waals surface area contributed by atoms with Crippen LogP contribution in [-0.4, -0.2) is 19.0 Å². The van der Waals surface area contributed by atoms with Crippen LogP contribution in [0.2, 0.25) is 0 Å². The highest BCUT2D eigenvalue weighted by Crippen LogP contribution is 2.36. The maximum Gasteiger partial charge on any atom is 0.208 e. The molecule has 18 heavy (non-hydrogen) atoms. The first-order valence-corrected chi connectivity index (χ1v) is 4.91. The first-order chi connectivity index (χ1) is 8.62. The molecule has 1 rings (SSSR count). The van der Waals surface area contributed by atoms with Crippen molar-refractivity contribution in [2.45, 2.75) is 0 Å². The highest BCUT2D eigenvalue weighted by atomic mass is 16.5. The third kappa shape index (κ3) is 3.23. The normalized spacial score (nSPS) is 12.2. The Labute approximate surface area is 104 Å². The van der Waals surface area contributed by atoms with E-state index >= 15 is 0 Å². The van der Waals surface area contributed by atoms with Gasteiger partial charge in [0, 0.05) is 0 Å². The lowest BCUT2D eigenvalue weighted by molar-refractivity contribution is 0.417. The van der Waals surface area contributed by atoms with Crippen LogP contribution in [0.15, 0.2) is 28.2 Å². The number of nitrogens with one attached hydrogen (secondary N) is 2. The summed E-state index contributed by atoms with van der Waals surface area (Å²) in [6.45, 7) is 0. The number of nitrogens with two attached hydrogens (primary N) is 4. The van der Waals surface area contributed by atoms with Gasteiger partial charge in [-0.05, 0) is 12.1 Å². The Bertz CT molecular complexity index is 431. The Kier molecular flexibility index (Phi) is 4.72. The summed E-state index contributed by atoms with van der Waals surface area (Å²) in [4.78, 5) is 8.03. The minimum absolute atomic E-state index is 0.0411. The fraction of sp³-hybridized carbons (Fsp3) is 0.111.